The molecule has 2 aliphatic rings. The predicted molar refractivity (Wildman–Crippen MR) is 94.4 cm³/mol. The lowest BCUT2D eigenvalue weighted by atomic mass is 10.1. The average molecular weight is 358 g/mol. The van der Waals surface area contributed by atoms with Crippen LogP contribution >= 0.6 is 0 Å². The summed E-state index contributed by atoms with van der Waals surface area (Å²) in [5, 5.41) is 2.71. The summed E-state index contributed by atoms with van der Waals surface area (Å²) in [7, 11) is -3.69. The van der Waals surface area contributed by atoms with Crippen molar-refractivity contribution in [1.82, 2.24) is 0 Å². The van der Waals surface area contributed by atoms with Crippen molar-refractivity contribution in [1.29, 1.82) is 0 Å². The summed E-state index contributed by atoms with van der Waals surface area (Å²) in [5.41, 5.74) is 3.15. The van der Waals surface area contributed by atoms with E-state index in [-0.39, 0.29) is 10.8 Å². The van der Waals surface area contributed by atoms with Crippen LogP contribution in [-0.4, -0.2) is 20.4 Å². The van der Waals surface area contributed by atoms with Gasteiger partial charge in [-0.3, -0.25) is 9.52 Å². The molecule has 0 bridgehead atoms. The van der Waals surface area contributed by atoms with Crippen molar-refractivity contribution < 1.29 is 17.9 Å². The Morgan fingerprint density at radius 3 is 2.76 bits per heavy atom. The number of amides is 1. The van der Waals surface area contributed by atoms with Crippen molar-refractivity contribution in [2.75, 3.05) is 10.0 Å². The first kappa shape index (κ1) is 16.0. The molecule has 4 rings (SSSR count). The van der Waals surface area contributed by atoms with Gasteiger partial charge in [0.05, 0.1) is 16.3 Å². The molecule has 0 saturated heterocycles. The number of anilines is 2. The van der Waals surface area contributed by atoms with Crippen LogP contribution in [0, 0.1) is 0 Å². The van der Waals surface area contributed by atoms with Gasteiger partial charge in [0.1, 0.15) is 5.75 Å². The molecule has 1 heterocycles. The fraction of sp³-hybridized carbons (Fsp3) is 0.278. The van der Waals surface area contributed by atoms with Crippen molar-refractivity contribution in [2.45, 2.75) is 37.2 Å². The highest BCUT2D eigenvalue weighted by Crippen LogP contribution is 2.33. The molecule has 7 heteroatoms. The van der Waals surface area contributed by atoms with E-state index in [0.717, 1.165) is 24.8 Å². The number of hydrogen-bond acceptors (Lipinski definition) is 4. The highest BCUT2D eigenvalue weighted by atomic mass is 32.2. The van der Waals surface area contributed by atoms with Crippen molar-refractivity contribution in [3.8, 4) is 5.75 Å². The monoisotopic (exact) mass is 358 g/mol. The lowest BCUT2D eigenvalue weighted by molar-refractivity contribution is -0.122. The van der Waals surface area contributed by atoms with E-state index in [2.05, 4.69) is 10.0 Å². The van der Waals surface area contributed by atoms with Crippen LogP contribution in [0.2, 0.25) is 0 Å². The third kappa shape index (κ3) is 2.95. The number of nitrogens with one attached hydrogen (secondary N) is 2. The minimum absolute atomic E-state index is 0.250. The molecule has 25 heavy (non-hydrogen) atoms. The fourth-order valence-electron chi connectivity index (χ4n) is 3.20. The van der Waals surface area contributed by atoms with Crippen LogP contribution in [0.15, 0.2) is 41.3 Å². The Morgan fingerprint density at radius 1 is 1.12 bits per heavy atom. The molecule has 0 saturated carbocycles. The van der Waals surface area contributed by atoms with E-state index >= 15 is 0 Å². The molecule has 1 aliphatic heterocycles. The van der Waals surface area contributed by atoms with E-state index in [1.165, 1.54) is 5.56 Å². The van der Waals surface area contributed by atoms with E-state index in [4.69, 9.17) is 4.74 Å². The number of benzene rings is 2. The molecule has 6 nitrogen and oxygen atoms in total. The van der Waals surface area contributed by atoms with Crippen LogP contribution in [-0.2, 0) is 27.7 Å². The summed E-state index contributed by atoms with van der Waals surface area (Å²) in [4.78, 5) is 12.0. The Hall–Kier alpha value is -2.54. The number of ether oxygens (including phenoxy) is 1. The minimum Gasteiger partial charge on any atom is -0.479 e. The van der Waals surface area contributed by atoms with Crippen LogP contribution in [0.4, 0.5) is 11.4 Å². The molecule has 2 aromatic carbocycles. The number of carbonyl (C=O) groups is 1. The Kier molecular flexibility index (Phi) is 3.68. The maximum Gasteiger partial charge on any atom is 0.265 e. The van der Waals surface area contributed by atoms with Gasteiger partial charge in [-0.2, -0.15) is 0 Å². The van der Waals surface area contributed by atoms with Gasteiger partial charge in [0, 0.05) is 0 Å². The maximum atomic E-state index is 12.7. The number of sulfonamides is 1. The Balaban J connectivity index is 1.61. The lowest BCUT2D eigenvalue weighted by Gasteiger charge is -2.23. The molecule has 0 fully saturated rings. The highest BCUT2D eigenvalue weighted by Gasteiger charge is 2.24. The number of carbonyl (C=O) groups excluding carboxylic acids is 1. The zero-order valence-electron chi connectivity index (χ0n) is 13.7. The second-order valence-electron chi connectivity index (χ2n) is 6.35. The zero-order chi connectivity index (χ0) is 17.6. The molecule has 2 N–H and O–H groups in total. The smallest absolute Gasteiger partial charge is 0.265 e. The van der Waals surface area contributed by atoms with Gasteiger partial charge in [-0.1, -0.05) is 6.07 Å². The quantitative estimate of drug-likeness (QED) is 0.883. The van der Waals surface area contributed by atoms with E-state index in [1.54, 1.807) is 37.3 Å². The zero-order valence-corrected chi connectivity index (χ0v) is 14.5. The van der Waals surface area contributed by atoms with Gasteiger partial charge in [0.2, 0.25) is 0 Å². The molecule has 0 aromatic heterocycles. The van der Waals surface area contributed by atoms with Crippen LogP contribution < -0.4 is 14.8 Å². The first-order valence-corrected chi connectivity index (χ1v) is 9.67. The summed E-state index contributed by atoms with van der Waals surface area (Å²) in [6, 6.07) is 10.1. The number of fused-ring (bicyclic) bond motifs is 2. The number of aryl methyl sites for hydroxylation is 2. The van der Waals surface area contributed by atoms with E-state index < -0.39 is 16.1 Å². The summed E-state index contributed by atoms with van der Waals surface area (Å²) in [5.74, 6) is 0.263. The molecule has 0 radical (unpaired) electrons. The molecule has 130 valence electrons. The summed E-state index contributed by atoms with van der Waals surface area (Å²) < 4.78 is 33.4. The predicted octanol–water partition coefficient (Wildman–Crippen LogP) is 2.70. The topological polar surface area (TPSA) is 84.5 Å². The largest absolute Gasteiger partial charge is 0.479 e. The molecular formula is C18H18N2O4S. The molecule has 1 aliphatic carbocycles. The molecule has 1 amide bonds. The molecule has 0 spiro atoms. The first-order valence-electron chi connectivity index (χ1n) is 8.18. The van der Waals surface area contributed by atoms with Crippen molar-refractivity contribution >= 4 is 27.3 Å². The lowest BCUT2D eigenvalue weighted by Crippen LogP contribution is -2.34. The van der Waals surface area contributed by atoms with Gasteiger partial charge in [0.15, 0.2) is 6.10 Å². The Morgan fingerprint density at radius 2 is 1.92 bits per heavy atom. The molecule has 1 unspecified atom stereocenters. The van der Waals surface area contributed by atoms with Gasteiger partial charge in [-0.15, -0.1) is 0 Å². The van der Waals surface area contributed by atoms with Crippen LogP contribution in [0.25, 0.3) is 0 Å². The van der Waals surface area contributed by atoms with E-state index in [1.807, 2.05) is 6.07 Å². The standard InChI is InChI=1S/C18H18N2O4S/c1-11-18(21)19-16-10-14(6-8-17(16)24-11)20-25(22,23)15-7-5-12-3-2-4-13(12)9-15/h5-11,20H,2-4H2,1H3,(H,19,21). The second kappa shape index (κ2) is 5.77. The Labute approximate surface area is 146 Å². The Bertz CT molecular complexity index is 969. The summed E-state index contributed by atoms with van der Waals surface area (Å²) in [6.45, 7) is 1.66. The average Bonchev–Trinajstić information content (AvgIpc) is 3.03. The van der Waals surface area contributed by atoms with Gasteiger partial charge in [-0.05, 0) is 67.6 Å². The molecular weight excluding hydrogens is 340 g/mol. The second-order valence-corrected chi connectivity index (χ2v) is 8.03. The minimum atomic E-state index is -3.69. The van der Waals surface area contributed by atoms with Crippen molar-refractivity contribution in [3.05, 3.63) is 47.5 Å². The summed E-state index contributed by atoms with van der Waals surface area (Å²) in [6.07, 6.45) is 2.42. The third-order valence-electron chi connectivity index (χ3n) is 4.54. The van der Waals surface area contributed by atoms with Crippen LogP contribution in [0.3, 0.4) is 0 Å². The molecule has 2 aromatic rings. The van der Waals surface area contributed by atoms with Crippen LogP contribution in [0.1, 0.15) is 24.5 Å². The highest BCUT2D eigenvalue weighted by molar-refractivity contribution is 7.92. The van der Waals surface area contributed by atoms with Gasteiger partial charge in [0.25, 0.3) is 15.9 Å². The SMILES string of the molecule is CC1Oc2ccc(NS(=O)(=O)c3ccc4c(c3)CCC4)cc2NC1=O. The van der Waals surface area contributed by atoms with Crippen molar-refractivity contribution in [3.63, 3.8) is 0 Å². The fourth-order valence-corrected chi connectivity index (χ4v) is 4.30. The summed E-state index contributed by atoms with van der Waals surface area (Å²) >= 11 is 0. The van der Waals surface area contributed by atoms with E-state index in [9.17, 15) is 13.2 Å². The maximum absolute atomic E-state index is 12.7. The van der Waals surface area contributed by atoms with Crippen molar-refractivity contribution in [2.24, 2.45) is 0 Å². The molecule has 1 atom stereocenters. The number of rotatable bonds is 3. The van der Waals surface area contributed by atoms with E-state index in [0.29, 0.717) is 17.1 Å². The van der Waals surface area contributed by atoms with Gasteiger partial charge in [-0.25, -0.2) is 8.42 Å². The third-order valence-corrected chi connectivity index (χ3v) is 5.92. The van der Waals surface area contributed by atoms with Crippen LogP contribution in [0.5, 0.6) is 5.75 Å². The number of hydrogen-bond donors (Lipinski definition) is 2. The first-order chi connectivity index (χ1) is 11.9. The van der Waals surface area contributed by atoms with Gasteiger partial charge < -0.3 is 10.1 Å². The normalized spacial score (nSPS) is 18.8. The van der Waals surface area contributed by atoms with Gasteiger partial charge >= 0.3 is 0 Å².